The van der Waals surface area contributed by atoms with Crippen LogP contribution in [0.3, 0.4) is 0 Å². The summed E-state index contributed by atoms with van der Waals surface area (Å²) < 4.78 is 5.84. The van der Waals surface area contributed by atoms with Crippen LogP contribution < -0.4 is 0 Å². The lowest BCUT2D eigenvalue weighted by molar-refractivity contribution is -0.122. The third-order valence-corrected chi connectivity index (χ3v) is 5.64. The first-order valence-corrected chi connectivity index (χ1v) is 8.49. The highest BCUT2D eigenvalue weighted by Gasteiger charge is 2.47. The monoisotopic (exact) mass is 301 g/mol. The standard InChI is InChI=1S/C19H27NO2/c1-15(18(22-2)17-9-6-12-20(17)14-21)13-19(10-11-19)16-7-4-3-5-8-16/h3-5,7-8,14-15,17-18H,6,9-13H2,1-2H3. The van der Waals surface area contributed by atoms with Crippen molar-refractivity contribution in [3.63, 3.8) is 0 Å². The number of hydrogen-bond acceptors (Lipinski definition) is 2. The Labute approximate surface area is 133 Å². The van der Waals surface area contributed by atoms with Crippen LogP contribution in [0.25, 0.3) is 0 Å². The lowest BCUT2D eigenvalue weighted by Crippen LogP contribution is -2.43. The van der Waals surface area contributed by atoms with Crippen molar-refractivity contribution in [2.45, 2.75) is 56.6 Å². The molecule has 1 aromatic carbocycles. The summed E-state index contributed by atoms with van der Waals surface area (Å²) in [4.78, 5) is 13.2. The van der Waals surface area contributed by atoms with E-state index >= 15 is 0 Å². The Morgan fingerprint density at radius 3 is 2.68 bits per heavy atom. The summed E-state index contributed by atoms with van der Waals surface area (Å²) in [7, 11) is 1.80. The summed E-state index contributed by atoms with van der Waals surface area (Å²) in [5.41, 5.74) is 1.82. The molecule has 1 aliphatic heterocycles. The van der Waals surface area contributed by atoms with Gasteiger partial charge in [-0.05, 0) is 49.0 Å². The molecule has 0 aromatic heterocycles. The van der Waals surface area contributed by atoms with Gasteiger partial charge in [-0.3, -0.25) is 4.79 Å². The first-order chi connectivity index (χ1) is 10.7. The summed E-state index contributed by atoms with van der Waals surface area (Å²) in [6.07, 6.45) is 7.02. The van der Waals surface area contributed by atoms with E-state index in [1.807, 2.05) is 4.90 Å². The molecule has 1 saturated carbocycles. The van der Waals surface area contributed by atoms with Crippen molar-refractivity contribution >= 4 is 6.41 Å². The second-order valence-corrected chi connectivity index (χ2v) is 7.08. The maximum atomic E-state index is 11.2. The van der Waals surface area contributed by atoms with Gasteiger partial charge in [-0.25, -0.2) is 0 Å². The van der Waals surface area contributed by atoms with Crippen LogP contribution in [0.15, 0.2) is 30.3 Å². The zero-order valence-corrected chi connectivity index (χ0v) is 13.7. The number of nitrogens with zero attached hydrogens (tertiary/aromatic N) is 1. The molecule has 1 aliphatic carbocycles. The van der Waals surface area contributed by atoms with E-state index in [2.05, 4.69) is 37.3 Å². The third kappa shape index (κ3) is 2.91. The van der Waals surface area contributed by atoms with Crippen molar-refractivity contribution in [1.82, 2.24) is 4.90 Å². The zero-order valence-electron chi connectivity index (χ0n) is 13.7. The van der Waals surface area contributed by atoms with Crippen LogP contribution in [0.1, 0.15) is 44.6 Å². The Morgan fingerprint density at radius 2 is 2.09 bits per heavy atom. The largest absolute Gasteiger partial charge is 0.379 e. The van der Waals surface area contributed by atoms with Crippen molar-refractivity contribution in [2.75, 3.05) is 13.7 Å². The van der Waals surface area contributed by atoms with Crippen LogP contribution in [0, 0.1) is 5.92 Å². The van der Waals surface area contributed by atoms with Crippen molar-refractivity contribution in [3.8, 4) is 0 Å². The third-order valence-electron chi connectivity index (χ3n) is 5.64. The Kier molecular flexibility index (Phi) is 4.53. The summed E-state index contributed by atoms with van der Waals surface area (Å²) in [6, 6.07) is 11.1. The Morgan fingerprint density at radius 1 is 1.36 bits per heavy atom. The van der Waals surface area contributed by atoms with E-state index < -0.39 is 0 Å². The fourth-order valence-electron chi connectivity index (χ4n) is 4.35. The predicted octanol–water partition coefficient (Wildman–Crippen LogP) is 3.38. The molecule has 2 aliphatic rings. The average molecular weight is 301 g/mol. The molecular formula is C19H27NO2. The molecule has 1 amide bonds. The van der Waals surface area contributed by atoms with Crippen LogP contribution in [0.2, 0.25) is 0 Å². The van der Waals surface area contributed by atoms with Gasteiger partial charge in [0.15, 0.2) is 0 Å². The summed E-state index contributed by atoms with van der Waals surface area (Å²) in [5.74, 6) is 0.457. The molecule has 0 N–H and O–H groups in total. The summed E-state index contributed by atoms with van der Waals surface area (Å²) in [6.45, 7) is 3.17. The second-order valence-electron chi connectivity index (χ2n) is 7.08. The molecule has 3 atom stereocenters. The van der Waals surface area contributed by atoms with Gasteiger partial charge in [0.1, 0.15) is 0 Å². The van der Waals surface area contributed by atoms with Crippen molar-refractivity contribution < 1.29 is 9.53 Å². The van der Waals surface area contributed by atoms with Gasteiger partial charge in [-0.1, -0.05) is 37.3 Å². The number of hydrogen-bond donors (Lipinski definition) is 0. The van der Waals surface area contributed by atoms with E-state index in [0.29, 0.717) is 11.3 Å². The Bertz CT molecular complexity index is 497. The molecular weight excluding hydrogens is 274 g/mol. The Balaban J connectivity index is 1.70. The van der Waals surface area contributed by atoms with Crippen molar-refractivity contribution in [3.05, 3.63) is 35.9 Å². The van der Waals surface area contributed by atoms with Crippen LogP contribution in [-0.2, 0) is 14.9 Å². The van der Waals surface area contributed by atoms with Crippen LogP contribution in [0.4, 0.5) is 0 Å². The Hall–Kier alpha value is -1.35. The van der Waals surface area contributed by atoms with Gasteiger partial charge in [0.05, 0.1) is 12.1 Å². The number of carbonyl (C=O) groups is 1. The van der Waals surface area contributed by atoms with E-state index in [4.69, 9.17) is 4.74 Å². The maximum absolute atomic E-state index is 11.2. The number of likely N-dealkylation sites (tertiary alicyclic amines) is 1. The fraction of sp³-hybridized carbons (Fsp3) is 0.632. The molecule has 2 fully saturated rings. The number of methoxy groups -OCH3 is 1. The zero-order chi connectivity index (χ0) is 15.6. The molecule has 3 nitrogen and oxygen atoms in total. The average Bonchev–Trinajstić information content (AvgIpc) is 3.18. The first-order valence-electron chi connectivity index (χ1n) is 8.49. The normalized spacial score (nSPS) is 25.7. The smallest absolute Gasteiger partial charge is 0.210 e. The minimum atomic E-state index is 0.147. The topological polar surface area (TPSA) is 29.5 Å². The van der Waals surface area contributed by atoms with Gasteiger partial charge in [0.2, 0.25) is 6.41 Å². The molecule has 0 bridgehead atoms. The van der Waals surface area contributed by atoms with E-state index in [1.165, 1.54) is 18.4 Å². The molecule has 1 saturated heterocycles. The molecule has 120 valence electrons. The van der Waals surface area contributed by atoms with Crippen LogP contribution in [-0.4, -0.2) is 37.1 Å². The number of carbonyl (C=O) groups excluding carboxylic acids is 1. The summed E-state index contributed by atoms with van der Waals surface area (Å²) in [5, 5.41) is 0. The molecule has 3 heteroatoms. The SMILES string of the molecule is COC(C(C)CC1(c2ccccc2)CC1)C1CCCN1C=O. The van der Waals surface area contributed by atoms with Crippen molar-refractivity contribution in [2.24, 2.45) is 5.92 Å². The van der Waals surface area contributed by atoms with Crippen LogP contribution >= 0.6 is 0 Å². The molecule has 3 rings (SSSR count). The van der Waals surface area contributed by atoms with E-state index in [9.17, 15) is 4.79 Å². The van der Waals surface area contributed by atoms with E-state index in [0.717, 1.165) is 32.2 Å². The van der Waals surface area contributed by atoms with Gasteiger partial charge < -0.3 is 9.64 Å². The lowest BCUT2D eigenvalue weighted by atomic mass is 9.82. The molecule has 0 spiro atoms. The molecule has 0 radical (unpaired) electrons. The van der Waals surface area contributed by atoms with Gasteiger partial charge in [0.25, 0.3) is 0 Å². The minimum absolute atomic E-state index is 0.147. The number of ether oxygens (including phenoxy) is 1. The predicted molar refractivity (Wildman–Crippen MR) is 87.7 cm³/mol. The molecule has 3 unspecified atom stereocenters. The second kappa shape index (κ2) is 6.41. The van der Waals surface area contributed by atoms with Crippen LogP contribution in [0.5, 0.6) is 0 Å². The maximum Gasteiger partial charge on any atom is 0.210 e. The highest BCUT2D eigenvalue weighted by Crippen LogP contribution is 2.53. The van der Waals surface area contributed by atoms with Gasteiger partial charge in [-0.2, -0.15) is 0 Å². The van der Waals surface area contributed by atoms with Gasteiger partial charge in [-0.15, -0.1) is 0 Å². The number of rotatable bonds is 7. The van der Waals surface area contributed by atoms with Gasteiger partial charge in [0, 0.05) is 13.7 Å². The number of amides is 1. The fourth-order valence-corrected chi connectivity index (χ4v) is 4.35. The lowest BCUT2D eigenvalue weighted by Gasteiger charge is -2.34. The quantitative estimate of drug-likeness (QED) is 0.723. The molecule has 1 aromatic rings. The van der Waals surface area contributed by atoms with Crippen molar-refractivity contribution in [1.29, 1.82) is 0 Å². The summed E-state index contributed by atoms with van der Waals surface area (Å²) >= 11 is 0. The highest BCUT2D eigenvalue weighted by molar-refractivity contribution is 5.48. The minimum Gasteiger partial charge on any atom is -0.379 e. The van der Waals surface area contributed by atoms with Gasteiger partial charge >= 0.3 is 0 Å². The molecule has 1 heterocycles. The molecule has 22 heavy (non-hydrogen) atoms. The first kappa shape index (κ1) is 15.5. The highest BCUT2D eigenvalue weighted by atomic mass is 16.5. The van der Waals surface area contributed by atoms with E-state index in [-0.39, 0.29) is 12.1 Å². The number of benzene rings is 1. The van der Waals surface area contributed by atoms with E-state index in [1.54, 1.807) is 7.11 Å².